The average Bonchev–Trinajstić information content (AvgIpc) is 3.47. The minimum Gasteiger partial charge on any atom is -0.309 e. The van der Waals surface area contributed by atoms with E-state index in [2.05, 4.69) is 27.7 Å². The summed E-state index contributed by atoms with van der Waals surface area (Å²) in [6, 6.07) is 12.4. The van der Waals surface area contributed by atoms with Gasteiger partial charge in [0.15, 0.2) is 0 Å². The third-order valence-electron chi connectivity index (χ3n) is 6.88. The van der Waals surface area contributed by atoms with Crippen LogP contribution < -0.4 is 9.91 Å². The molecule has 0 aliphatic carbocycles. The van der Waals surface area contributed by atoms with E-state index in [9.17, 15) is 27.6 Å². The zero-order valence-electron chi connectivity index (χ0n) is 18.4. The number of likely N-dealkylation sites (tertiary alicyclic amines) is 1. The van der Waals surface area contributed by atoms with Crippen LogP contribution in [0.1, 0.15) is 24.8 Å². The highest BCUT2D eigenvalue weighted by Crippen LogP contribution is 2.50. The topological polar surface area (TPSA) is 62.9 Å². The second-order valence-electron chi connectivity index (χ2n) is 8.77. The van der Waals surface area contributed by atoms with Crippen LogP contribution in [0, 0.1) is 26.6 Å². The van der Waals surface area contributed by atoms with E-state index in [-0.39, 0.29) is 24.2 Å². The maximum atomic E-state index is 14.3. The van der Waals surface area contributed by atoms with Crippen LogP contribution in [0.3, 0.4) is 0 Å². The Kier molecular flexibility index (Phi) is 5.99. The Hall–Kier alpha value is -2.72. The minimum atomic E-state index is -4.76. The van der Waals surface area contributed by atoms with Crippen LogP contribution in [-0.2, 0) is 4.79 Å². The SMILES string of the molecule is N#Cc1cc(N2N=C(C(F)(F)F)[C@@H]3CCN(c4ccc(I)cc4)C(=O)[C@@]32N2CCCC2)ccc1F. The van der Waals surface area contributed by atoms with Gasteiger partial charge in [0.25, 0.3) is 5.91 Å². The first kappa shape index (κ1) is 24.0. The van der Waals surface area contributed by atoms with Gasteiger partial charge >= 0.3 is 6.18 Å². The van der Waals surface area contributed by atoms with E-state index in [0.29, 0.717) is 18.8 Å². The van der Waals surface area contributed by atoms with Crippen molar-refractivity contribution >= 4 is 45.6 Å². The molecule has 0 aromatic heterocycles. The van der Waals surface area contributed by atoms with E-state index >= 15 is 0 Å². The van der Waals surface area contributed by atoms with Gasteiger partial charge in [-0.25, -0.2) is 9.40 Å². The quantitative estimate of drug-likeness (QED) is 0.374. The molecule has 6 nitrogen and oxygen atoms in total. The molecule has 2 atom stereocenters. The number of anilines is 2. The Bertz CT molecular complexity index is 1240. The van der Waals surface area contributed by atoms with Crippen LogP contribution in [0.2, 0.25) is 0 Å². The molecule has 0 unspecified atom stereocenters. The molecule has 2 aromatic carbocycles. The molecule has 2 fully saturated rings. The van der Waals surface area contributed by atoms with Gasteiger partial charge in [0.2, 0.25) is 5.66 Å². The third-order valence-corrected chi connectivity index (χ3v) is 7.60. The van der Waals surface area contributed by atoms with Crippen LogP contribution in [0.15, 0.2) is 47.6 Å². The average molecular weight is 597 g/mol. The van der Waals surface area contributed by atoms with Crippen molar-refractivity contribution in [2.45, 2.75) is 31.1 Å². The summed E-state index contributed by atoms with van der Waals surface area (Å²) in [6.07, 6.45) is -3.25. The Morgan fingerprint density at radius 3 is 2.34 bits per heavy atom. The first-order valence-corrected chi connectivity index (χ1v) is 12.2. The molecule has 2 aromatic rings. The van der Waals surface area contributed by atoms with Crippen LogP contribution >= 0.6 is 22.6 Å². The van der Waals surface area contributed by atoms with Crippen molar-refractivity contribution in [3.05, 3.63) is 57.4 Å². The second kappa shape index (κ2) is 8.74. The number of amides is 1. The highest BCUT2D eigenvalue weighted by molar-refractivity contribution is 14.1. The van der Waals surface area contributed by atoms with Gasteiger partial charge in [0.05, 0.1) is 17.2 Å². The smallest absolute Gasteiger partial charge is 0.309 e. The normalized spacial score (nSPS) is 25.0. The summed E-state index contributed by atoms with van der Waals surface area (Å²) < 4.78 is 57.9. The first-order valence-electron chi connectivity index (χ1n) is 11.2. The summed E-state index contributed by atoms with van der Waals surface area (Å²) in [5.41, 5.74) is -2.47. The molecule has 3 heterocycles. The molecule has 0 N–H and O–H groups in total. The molecular formula is C24H20F4IN5O. The van der Waals surface area contributed by atoms with Gasteiger partial charge in [-0.1, -0.05) is 0 Å². The molecule has 5 rings (SSSR count). The minimum absolute atomic E-state index is 0.0510. The molecule has 182 valence electrons. The molecule has 2 saturated heterocycles. The van der Waals surface area contributed by atoms with Crippen LogP contribution in [-0.4, -0.2) is 48.0 Å². The standard InChI is InChI=1S/C24H20F4IN5O/c25-20-8-7-18(13-15(20)14-30)34-23(32-10-1-2-11-32)19(21(31-34)24(26,27)28)9-12-33(22(23)35)17-5-3-16(29)4-6-17/h3-8,13,19H,1-2,9-12H2/t19-,23+/m0/s1. The highest BCUT2D eigenvalue weighted by atomic mass is 127. The lowest BCUT2D eigenvalue weighted by molar-refractivity contribution is -0.134. The number of piperidine rings is 1. The number of hydrazone groups is 1. The van der Waals surface area contributed by atoms with Crippen molar-refractivity contribution in [2.24, 2.45) is 11.0 Å². The van der Waals surface area contributed by atoms with E-state index in [1.807, 2.05) is 12.1 Å². The van der Waals surface area contributed by atoms with Gasteiger partial charge in [-0.3, -0.25) is 9.69 Å². The van der Waals surface area contributed by atoms with Gasteiger partial charge < -0.3 is 4.90 Å². The summed E-state index contributed by atoms with van der Waals surface area (Å²) in [5.74, 6) is -2.54. The van der Waals surface area contributed by atoms with Gasteiger partial charge in [-0.2, -0.15) is 23.5 Å². The summed E-state index contributed by atoms with van der Waals surface area (Å²) in [7, 11) is 0. The van der Waals surface area contributed by atoms with E-state index in [1.165, 1.54) is 11.0 Å². The zero-order chi connectivity index (χ0) is 25.0. The van der Waals surface area contributed by atoms with E-state index < -0.39 is 35.2 Å². The fraction of sp³-hybridized carbons (Fsp3) is 0.375. The number of carbonyl (C=O) groups is 1. The van der Waals surface area contributed by atoms with Gasteiger partial charge in [-0.15, -0.1) is 0 Å². The number of carbonyl (C=O) groups excluding carboxylic acids is 1. The van der Waals surface area contributed by atoms with Crippen molar-refractivity contribution in [2.75, 3.05) is 29.5 Å². The van der Waals surface area contributed by atoms with Crippen molar-refractivity contribution in [3.8, 4) is 6.07 Å². The van der Waals surface area contributed by atoms with Gasteiger partial charge in [-0.05, 0) is 84.3 Å². The molecule has 3 aliphatic rings. The lowest BCUT2D eigenvalue weighted by Gasteiger charge is -2.51. The number of benzene rings is 2. The largest absolute Gasteiger partial charge is 0.431 e. The first-order chi connectivity index (χ1) is 16.7. The molecule has 35 heavy (non-hydrogen) atoms. The second-order valence-corrected chi connectivity index (χ2v) is 10.0. The van der Waals surface area contributed by atoms with Crippen LogP contribution in [0.5, 0.6) is 0 Å². The lowest BCUT2D eigenvalue weighted by Crippen LogP contribution is -2.72. The number of rotatable bonds is 3. The fourth-order valence-corrected chi connectivity index (χ4v) is 5.74. The zero-order valence-corrected chi connectivity index (χ0v) is 20.6. The Labute approximate surface area is 212 Å². The lowest BCUT2D eigenvalue weighted by atomic mass is 9.79. The fourth-order valence-electron chi connectivity index (χ4n) is 5.38. The highest BCUT2D eigenvalue weighted by Gasteiger charge is 2.68. The number of halogens is 5. The number of nitrogens with zero attached hydrogens (tertiary/aromatic N) is 5. The molecular weight excluding hydrogens is 577 g/mol. The number of alkyl halides is 3. The monoisotopic (exact) mass is 597 g/mol. The predicted molar refractivity (Wildman–Crippen MR) is 130 cm³/mol. The van der Waals surface area contributed by atoms with Gasteiger partial charge in [0.1, 0.15) is 17.6 Å². The summed E-state index contributed by atoms with van der Waals surface area (Å²) in [5, 5.41) is 14.4. The molecule has 0 radical (unpaired) electrons. The van der Waals surface area contributed by atoms with Gasteiger partial charge in [0, 0.05) is 28.9 Å². The molecule has 0 saturated carbocycles. The summed E-state index contributed by atoms with van der Waals surface area (Å²) >= 11 is 2.14. The molecule has 0 bridgehead atoms. The number of nitriles is 1. The van der Waals surface area contributed by atoms with E-state index in [1.54, 1.807) is 23.1 Å². The Balaban J connectivity index is 1.72. The van der Waals surface area contributed by atoms with Crippen LogP contribution in [0.4, 0.5) is 28.9 Å². The number of hydrogen-bond acceptors (Lipinski definition) is 5. The molecule has 3 aliphatic heterocycles. The van der Waals surface area contributed by atoms with Crippen molar-refractivity contribution in [1.82, 2.24) is 4.90 Å². The van der Waals surface area contributed by atoms with Crippen molar-refractivity contribution in [3.63, 3.8) is 0 Å². The Morgan fingerprint density at radius 2 is 1.71 bits per heavy atom. The van der Waals surface area contributed by atoms with Crippen molar-refractivity contribution in [1.29, 1.82) is 5.26 Å². The van der Waals surface area contributed by atoms with E-state index in [0.717, 1.165) is 33.6 Å². The van der Waals surface area contributed by atoms with E-state index in [4.69, 9.17) is 0 Å². The maximum Gasteiger partial charge on any atom is 0.431 e. The number of hydrogen-bond donors (Lipinski definition) is 0. The van der Waals surface area contributed by atoms with Crippen molar-refractivity contribution < 1.29 is 22.4 Å². The molecule has 0 spiro atoms. The molecule has 11 heteroatoms. The Morgan fingerprint density at radius 1 is 1.06 bits per heavy atom. The summed E-state index contributed by atoms with van der Waals surface area (Å²) in [4.78, 5) is 17.6. The summed E-state index contributed by atoms with van der Waals surface area (Å²) in [6.45, 7) is 0.952. The third kappa shape index (κ3) is 3.78. The maximum absolute atomic E-state index is 14.3. The molecule has 1 amide bonds. The van der Waals surface area contributed by atoms with Crippen LogP contribution in [0.25, 0.3) is 0 Å². The predicted octanol–water partition coefficient (Wildman–Crippen LogP) is 4.89. The number of fused-ring (bicyclic) bond motifs is 1.